The van der Waals surface area contributed by atoms with Crippen LogP contribution < -0.4 is 31.0 Å². The van der Waals surface area contributed by atoms with Crippen molar-refractivity contribution in [3.63, 3.8) is 0 Å². The first-order valence-corrected chi connectivity index (χ1v) is 40.0. The van der Waals surface area contributed by atoms with Gasteiger partial charge in [0.2, 0.25) is 11.6 Å². The lowest BCUT2D eigenvalue weighted by Gasteiger charge is -2.13. The molecule has 0 unspecified atom stereocenters. The minimum atomic E-state index is -4.27. The van der Waals surface area contributed by atoms with Crippen molar-refractivity contribution in [1.29, 1.82) is 0 Å². The molecule has 0 amide bonds. The Labute approximate surface area is 563 Å². The lowest BCUT2D eigenvalue weighted by atomic mass is 10.1. The van der Waals surface area contributed by atoms with Crippen molar-refractivity contribution >= 4 is 55.4 Å². The van der Waals surface area contributed by atoms with Crippen molar-refractivity contribution in [2.45, 2.75) is 307 Å². The van der Waals surface area contributed by atoms with Gasteiger partial charge in [0, 0.05) is 61.6 Å². The maximum atomic E-state index is 13.5. The molecule has 0 saturated carbocycles. The molecule has 0 radical (unpaired) electrons. The SMILES string of the molecule is CCCCCCCCC[n+]1c(C)cc2nc1SCCCCCCCCCCn1c(C)cc(=O)n(c1=O)CCCCCCCCCCSc1nc(cc(C)[n+]1CCCCCCCCC)NCCCCCN2.Cc1ccc(S(=O)(=O)[O-])cc1.Cc1ccc(S(=O)(=O)[O-])cc1. The van der Waals surface area contributed by atoms with Crippen LogP contribution in [0.15, 0.2) is 96.4 Å². The predicted molar refractivity (Wildman–Crippen MR) is 378 cm³/mol. The van der Waals surface area contributed by atoms with Gasteiger partial charge < -0.3 is 19.7 Å². The smallest absolute Gasteiger partial charge is 0.361 e. The molecular weight excluding hydrogens is 1230 g/mol. The molecular formula is C72H116N8O8S4. The molecule has 0 atom stereocenters. The second kappa shape index (κ2) is 46.5. The molecule has 5 aromatic rings. The first-order chi connectivity index (χ1) is 44.3. The molecule has 6 bridgehead atoms. The number of anilines is 2. The van der Waals surface area contributed by atoms with Crippen LogP contribution in [0.4, 0.5) is 11.6 Å². The molecule has 0 spiro atoms. The number of nitrogens with zero attached hydrogens (tertiary/aromatic N) is 6. The minimum Gasteiger partial charge on any atom is -0.744 e. The van der Waals surface area contributed by atoms with Crippen LogP contribution in [-0.2, 0) is 46.4 Å². The Hall–Kier alpha value is -4.60. The number of hydrogen-bond donors (Lipinski definition) is 2. The number of hydrogen-bond acceptors (Lipinski definition) is 14. The molecule has 4 heterocycles. The average molecular weight is 1350 g/mol. The first-order valence-electron chi connectivity index (χ1n) is 35.2. The number of unbranched alkanes of at least 4 members (excludes halogenated alkanes) is 12. The molecule has 6 rings (SSSR count). The van der Waals surface area contributed by atoms with E-state index in [1.165, 1.54) is 211 Å². The molecule has 1 aliphatic heterocycles. The highest BCUT2D eigenvalue weighted by Crippen LogP contribution is 2.22. The van der Waals surface area contributed by atoms with Gasteiger partial charge in [0.25, 0.3) is 5.56 Å². The maximum Gasteiger partial charge on any atom is 0.361 e. The van der Waals surface area contributed by atoms with E-state index in [1.54, 1.807) is 30.3 Å². The second-order valence-corrected chi connectivity index (χ2v) is 30.1. The third-order valence-corrected chi connectivity index (χ3v) is 20.8. The van der Waals surface area contributed by atoms with Crippen molar-refractivity contribution < 1.29 is 35.1 Å². The fraction of sp³-hybridized carbons (Fsp3) is 0.667. The number of nitrogens with one attached hydrogen (secondary N) is 2. The number of benzene rings is 2. The van der Waals surface area contributed by atoms with Crippen LogP contribution in [0.2, 0.25) is 0 Å². The van der Waals surface area contributed by atoms with E-state index in [2.05, 4.69) is 59.6 Å². The number of aryl methyl sites for hydroxylation is 5. The summed E-state index contributed by atoms with van der Waals surface area (Å²) in [6.45, 7) is 19.9. The topological polar surface area (TPSA) is 216 Å². The lowest BCUT2D eigenvalue weighted by molar-refractivity contribution is -0.742. The summed E-state index contributed by atoms with van der Waals surface area (Å²) >= 11 is 3.89. The van der Waals surface area contributed by atoms with E-state index in [0.29, 0.717) is 13.1 Å². The van der Waals surface area contributed by atoms with Gasteiger partial charge in [0.15, 0.2) is 0 Å². The van der Waals surface area contributed by atoms with Crippen molar-refractivity contribution in [3.05, 3.63) is 116 Å². The van der Waals surface area contributed by atoms with Gasteiger partial charge >= 0.3 is 16.0 Å². The molecule has 0 fully saturated rings. The quantitative estimate of drug-likeness (QED) is 0.0361. The standard InChI is InChI=1S/C58H100N8O2S2.2C7H8O3S/c1-6-8-10-12-18-24-33-41-63-50(3)47-53-59-39-31-30-32-40-60-54-48-51(4)64(42-34-25-19-13-11-9-7-2)57(62-54)70-46-38-29-23-17-15-21-27-36-44-66-55(67)49-52(5)65(58(66)68)43-35-26-20-14-16-22-28-37-45-69-56(63)61-53;2*1-6-2-4-7(5-3-6)11(8,9)10/h47-49H,6-46H2,1-5H3;2*2-5H,1H3,(H,8,9,10). The van der Waals surface area contributed by atoms with Crippen molar-refractivity contribution in [1.82, 2.24) is 19.1 Å². The summed E-state index contributed by atoms with van der Waals surface area (Å²) in [5.74, 6) is 4.23. The van der Waals surface area contributed by atoms with Crippen LogP contribution in [-0.4, -0.2) is 69.6 Å². The highest BCUT2D eigenvalue weighted by atomic mass is 32.2. The van der Waals surface area contributed by atoms with E-state index >= 15 is 0 Å². The zero-order valence-electron chi connectivity index (χ0n) is 57.4. The summed E-state index contributed by atoms with van der Waals surface area (Å²) in [5, 5.41) is 9.75. The van der Waals surface area contributed by atoms with Crippen LogP contribution in [0.3, 0.4) is 0 Å². The Balaban J connectivity index is 0.000000682. The van der Waals surface area contributed by atoms with Crippen molar-refractivity contribution in [2.75, 3.05) is 35.2 Å². The fourth-order valence-corrected chi connectivity index (χ4v) is 14.4. The third-order valence-electron chi connectivity index (χ3n) is 17.0. The minimum absolute atomic E-state index is 0.122. The second-order valence-electron chi connectivity index (χ2n) is 25.2. The zero-order chi connectivity index (χ0) is 66.8. The largest absolute Gasteiger partial charge is 0.744 e. The monoisotopic (exact) mass is 1350 g/mol. The molecule has 92 heavy (non-hydrogen) atoms. The molecule has 2 N–H and O–H groups in total. The van der Waals surface area contributed by atoms with E-state index in [-0.39, 0.29) is 21.0 Å². The van der Waals surface area contributed by atoms with Gasteiger partial charge in [-0.05, 0) is 163 Å². The molecule has 2 aromatic carbocycles. The highest BCUT2D eigenvalue weighted by molar-refractivity contribution is 7.99. The Morgan fingerprint density at radius 2 is 0.783 bits per heavy atom. The summed E-state index contributed by atoms with van der Waals surface area (Å²) < 4.78 is 70.6. The van der Waals surface area contributed by atoms with Crippen LogP contribution in [0.5, 0.6) is 0 Å². The predicted octanol–water partition coefficient (Wildman–Crippen LogP) is 16.4. The Bertz CT molecular complexity index is 3120. The van der Waals surface area contributed by atoms with Crippen LogP contribution in [0.25, 0.3) is 0 Å². The van der Waals surface area contributed by atoms with Gasteiger partial charge in [-0.3, -0.25) is 13.9 Å². The fourth-order valence-electron chi connectivity index (χ4n) is 11.3. The number of thioether (sulfide) groups is 2. The van der Waals surface area contributed by atoms with E-state index in [9.17, 15) is 35.5 Å². The van der Waals surface area contributed by atoms with Gasteiger partial charge in [0.1, 0.15) is 31.6 Å². The maximum absolute atomic E-state index is 13.5. The van der Waals surface area contributed by atoms with Gasteiger partial charge in [0.05, 0.1) is 22.9 Å². The van der Waals surface area contributed by atoms with Crippen LogP contribution >= 0.6 is 23.5 Å². The molecule has 1 aliphatic rings. The molecule has 16 nitrogen and oxygen atoms in total. The number of fused-ring (bicyclic) bond motifs is 6. The van der Waals surface area contributed by atoms with Crippen molar-refractivity contribution in [2.24, 2.45) is 0 Å². The third kappa shape index (κ3) is 33.2. The van der Waals surface area contributed by atoms with Crippen LogP contribution in [0, 0.1) is 34.6 Å². The first kappa shape index (κ1) is 79.8. The average Bonchev–Trinajstić information content (AvgIpc) is 0.963. The van der Waals surface area contributed by atoms with E-state index in [1.807, 2.05) is 48.9 Å². The summed E-state index contributed by atoms with van der Waals surface area (Å²) in [4.78, 5) is 36.4. The van der Waals surface area contributed by atoms with Crippen molar-refractivity contribution in [3.8, 4) is 0 Å². The Morgan fingerprint density at radius 1 is 0.446 bits per heavy atom. The van der Waals surface area contributed by atoms with Gasteiger partial charge in [-0.2, -0.15) is 0 Å². The van der Waals surface area contributed by atoms with E-state index in [4.69, 9.17) is 9.97 Å². The van der Waals surface area contributed by atoms with Crippen LogP contribution in [0.1, 0.15) is 254 Å². The zero-order valence-corrected chi connectivity index (χ0v) is 60.7. The van der Waals surface area contributed by atoms with Gasteiger partial charge in [-0.1, -0.05) is 190 Å². The van der Waals surface area contributed by atoms with Gasteiger partial charge in [-0.15, -0.1) is 0 Å². The lowest BCUT2D eigenvalue weighted by Crippen LogP contribution is -2.41. The highest BCUT2D eigenvalue weighted by Gasteiger charge is 2.21. The Kier molecular flexibility index (Phi) is 40.4. The molecule has 0 saturated heterocycles. The van der Waals surface area contributed by atoms with E-state index in [0.717, 1.165) is 118 Å². The number of aromatic nitrogens is 6. The number of rotatable bonds is 18. The van der Waals surface area contributed by atoms with Gasteiger partial charge in [-0.25, -0.2) is 30.8 Å². The summed E-state index contributed by atoms with van der Waals surface area (Å²) in [6.07, 6.45) is 40.7. The molecule has 0 aliphatic carbocycles. The summed E-state index contributed by atoms with van der Waals surface area (Å²) in [6, 6.07) is 17.8. The molecule has 516 valence electrons. The van der Waals surface area contributed by atoms with E-state index < -0.39 is 20.2 Å². The normalized spacial score (nSPS) is 15.4. The molecule has 20 heteroatoms. The molecule has 3 aromatic heterocycles. The Morgan fingerprint density at radius 3 is 1.16 bits per heavy atom. The summed E-state index contributed by atoms with van der Waals surface area (Å²) in [7, 11) is -8.54. The summed E-state index contributed by atoms with van der Waals surface area (Å²) in [5.41, 5.74) is 4.99.